The molecule has 0 saturated heterocycles. The first-order valence-electron chi connectivity index (χ1n) is 3.97. The van der Waals surface area contributed by atoms with Gasteiger partial charge >= 0.3 is 11.9 Å². The fourth-order valence-electron chi connectivity index (χ4n) is 0.839. The van der Waals surface area contributed by atoms with Crippen LogP contribution in [-0.2, 0) is 4.79 Å². The number of halogens is 2. The van der Waals surface area contributed by atoms with E-state index < -0.39 is 18.3 Å². The molecule has 0 atom stereocenters. The van der Waals surface area contributed by atoms with E-state index in [2.05, 4.69) is 0 Å². The van der Waals surface area contributed by atoms with Crippen LogP contribution in [0, 0.1) is 5.92 Å². The fraction of sp³-hybridized carbons (Fsp3) is 0.875. The minimum Gasteiger partial charge on any atom is -0.477 e. The summed E-state index contributed by atoms with van der Waals surface area (Å²) in [5.41, 5.74) is 0. The first kappa shape index (κ1) is 11.3. The summed E-state index contributed by atoms with van der Waals surface area (Å²) in [4.78, 5) is 9.95. The third-order valence-corrected chi connectivity index (χ3v) is 1.59. The highest BCUT2D eigenvalue weighted by Gasteiger charge is 2.37. The van der Waals surface area contributed by atoms with E-state index in [0.717, 1.165) is 0 Å². The molecule has 2 nitrogen and oxygen atoms in total. The topological polar surface area (TPSA) is 37.3 Å². The summed E-state index contributed by atoms with van der Waals surface area (Å²) in [5.74, 6) is -5.23. The van der Waals surface area contributed by atoms with Gasteiger partial charge < -0.3 is 5.11 Å². The normalized spacial score (nSPS) is 12.1. The molecule has 0 radical (unpaired) electrons. The number of aliphatic carboxylic acids is 1. The van der Waals surface area contributed by atoms with Crippen molar-refractivity contribution in [1.29, 1.82) is 0 Å². The number of hydrogen-bond acceptors (Lipinski definition) is 1. The van der Waals surface area contributed by atoms with Crippen LogP contribution in [0.1, 0.15) is 33.1 Å². The van der Waals surface area contributed by atoms with Gasteiger partial charge in [-0.15, -0.1) is 0 Å². The zero-order chi connectivity index (χ0) is 9.78. The number of rotatable bonds is 5. The van der Waals surface area contributed by atoms with E-state index in [9.17, 15) is 13.6 Å². The highest BCUT2D eigenvalue weighted by atomic mass is 19.3. The molecule has 0 aliphatic rings. The second-order valence-electron chi connectivity index (χ2n) is 3.30. The maximum atomic E-state index is 12.4. The summed E-state index contributed by atoms with van der Waals surface area (Å²) in [6.07, 6.45) is 0.348. The van der Waals surface area contributed by atoms with Gasteiger partial charge in [0.05, 0.1) is 0 Å². The molecule has 0 heterocycles. The molecule has 0 fully saturated rings. The van der Waals surface area contributed by atoms with Crippen molar-refractivity contribution in [3.8, 4) is 0 Å². The van der Waals surface area contributed by atoms with Crippen molar-refractivity contribution in [3.63, 3.8) is 0 Å². The van der Waals surface area contributed by atoms with Gasteiger partial charge in [-0.3, -0.25) is 0 Å². The van der Waals surface area contributed by atoms with E-state index in [1.807, 2.05) is 13.8 Å². The lowest BCUT2D eigenvalue weighted by Gasteiger charge is -2.11. The second kappa shape index (κ2) is 4.38. The standard InChI is InChI=1S/C8H14F2O2/c1-6(2)4-3-5-8(9,10)7(11)12/h6H,3-5H2,1-2H3,(H,11,12). The monoisotopic (exact) mass is 180 g/mol. The predicted molar refractivity (Wildman–Crippen MR) is 41.3 cm³/mol. The van der Waals surface area contributed by atoms with Gasteiger partial charge in [-0.1, -0.05) is 20.3 Å². The first-order chi connectivity index (χ1) is 5.36. The van der Waals surface area contributed by atoms with Gasteiger partial charge in [0.15, 0.2) is 0 Å². The van der Waals surface area contributed by atoms with Gasteiger partial charge in [0.2, 0.25) is 0 Å². The Morgan fingerprint density at radius 3 is 2.33 bits per heavy atom. The molecule has 0 aromatic carbocycles. The van der Waals surface area contributed by atoms with Crippen LogP contribution in [0.2, 0.25) is 0 Å². The van der Waals surface area contributed by atoms with Crippen LogP contribution in [0.5, 0.6) is 0 Å². The SMILES string of the molecule is CC(C)CCCC(F)(F)C(=O)O. The summed E-state index contributed by atoms with van der Waals surface area (Å²) >= 11 is 0. The van der Waals surface area contributed by atoms with Crippen molar-refractivity contribution in [2.24, 2.45) is 5.92 Å². The van der Waals surface area contributed by atoms with E-state index in [4.69, 9.17) is 5.11 Å². The molecule has 0 aliphatic carbocycles. The van der Waals surface area contributed by atoms with Crippen LogP contribution < -0.4 is 0 Å². The molecule has 0 aliphatic heterocycles. The van der Waals surface area contributed by atoms with Crippen molar-refractivity contribution >= 4 is 5.97 Å². The first-order valence-corrected chi connectivity index (χ1v) is 3.97. The van der Waals surface area contributed by atoms with Crippen molar-refractivity contribution in [2.45, 2.75) is 39.0 Å². The Labute approximate surface area is 70.6 Å². The zero-order valence-corrected chi connectivity index (χ0v) is 7.31. The molecule has 0 unspecified atom stereocenters. The van der Waals surface area contributed by atoms with E-state index in [-0.39, 0.29) is 6.42 Å². The van der Waals surface area contributed by atoms with Crippen LogP contribution in [0.15, 0.2) is 0 Å². The number of hydrogen-bond donors (Lipinski definition) is 1. The summed E-state index contributed by atoms with van der Waals surface area (Å²) in [5, 5.41) is 8.06. The summed E-state index contributed by atoms with van der Waals surface area (Å²) in [6.45, 7) is 3.83. The van der Waals surface area contributed by atoms with Crippen molar-refractivity contribution in [1.82, 2.24) is 0 Å². The molecule has 72 valence electrons. The summed E-state index contributed by atoms with van der Waals surface area (Å²) in [6, 6.07) is 0. The highest BCUT2D eigenvalue weighted by molar-refractivity contribution is 5.75. The van der Waals surface area contributed by atoms with E-state index in [1.165, 1.54) is 0 Å². The number of carboxylic acids is 1. The second-order valence-corrected chi connectivity index (χ2v) is 3.30. The van der Waals surface area contributed by atoms with Crippen LogP contribution in [-0.4, -0.2) is 17.0 Å². The van der Waals surface area contributed by atoms with Crippen molar-refractivity contribution in [3.05, 3.63) is 0 Å². The molecule has 12 heavy (non-hydrogen) atoms. The summed E-state index contributed by atoms with van der Waals surface area (Å²) < 4.78 is 24.8. The third-order valence-electron chi connectivity index (χ3n) is 1.59. The minimum atomic E-state index is -3.55. The Kier molecular flexibility index (Phi) is 4.13. The Bertz CT molecular complexity index is 155. The Balaban J connectivity index is 3.69. The quantitative estimate of drug-likeness (QED) is 0.705. The van der Waals surface area contributed by atoms with E-state index in [0.29, 0.717) is 12.3 Å². The van der Waals surface area contributed by atoms with Gasteiger partial charge in [-0.2, -0.15) is 8.78 Å². The summed E-state index contributed by atoms with van der Waals surface area (Å²) in [7, 11) is 0. The van der Waals surface area contributed by atoms with Crippen molar-refractivity contribution in [2.75, 3.05) is 0 Å². The van der Waals surface area contributed by atoms with Gasteiger partial charge in [0.1, 0.15) is 0 Å². The zero-order valence-electron chi connectivity index (χ0n) is 7.31. The third kappa shape index (κ3) is 4.26. The molecule has 0 spiro atoms. The van der Waals surface area contributed by atoms with E-state index >= 15 is 0 Å². The molecule has 0 amide bonds. The Morgan fingerprint density at radius 2 is 2.00 bits per heavy atom. The van der Waals surface area contributed by atoms with Crippen LogP contribution in [0.3, 0.4) is 0 Å². The lowest BCUT2D eigenvalue weighted by atomic mass is 10.0. The molecule has 0 bridgehead atoms. The highest BCUT2D eigenvalue weighted by Crippen LogP contribution is 2.22. The number of carbonyl (C=O) groups is 1. The average molecular weight is 180 g/mol. The van der Waals surface area contributed by atoms with Gasteiger partial charge in [0.25, 0.3) is 0 Å². The molecule has 0 aromatic heterocycles. The molecular weight excluding hydrogens is 166 g/mol. The van der Waals surface area contributed by atoms with E-state index in [1.54, 1.807) is 0 Å². The Morgan fingerprint density at radius 1 is 1.50 bits per heavy atom. The lowest BCUT2D eigenvalue weighted by Crippen LogP contribution is -2.27. The molecule has 0 rings (SSSR count). The molecule has 0 aromatic rings. The molecule has 4 heteroatoms. The van der Waals surface area contributed by atoms with Crippen LogP contribution in [0.25, 0.3) is 0 Å². The fourth-order valence-corrected chi connectivity index (χ4v) is 0.839. The largest absolute Gasteiger partial charge is 0.477 e. The maximum absolute atomic E-state index is 12.4. The van der Waals surface area contributed by atoms with Gasteiger partial charge in [-0.05, 0) is 12.3 Å². The average Bonchev–Trinajstić information content (AvgIpc) is 1.85. The van der Waals surface area contributed by atoms with Crippen molar-refractivity contribution < 1.29 is 18.7 Å². The number of carboxylic acid groups (broad SMARTS) is 1. The predicted octanol–water partition coefficient (Wildman–Crippen LogP) is 2.53. The number of alkyl halides is 2. The minimum absolute atomic E-state index is 0.261. The molecular formula is C8H14F2O2. The lowest BCUT2D eigenvalue weighted by molar-refractivity contribution is -0.165. The molecule has 1 N–H and O–H groups in total. The molecule has 0 saturated carbocycles. The van der Waals surface area contributed by atoms with Gasteiger partial charge in [0, 0.05) is 6.42 Å². The van der Waals surface area contributed by atoms with Gasteiger partial charge in [-0.25, -0.2) is 4.79 Å². The van der Waals surface area contributed by atoms with Crippen LogP contribution >= 0.6 is 0 Å². The Hall–Kier alpha value is -0.670. The van der Waals surface area contributed by atoms with Crippen LogP contribution in [0.4, 0.5) is 8.78 Å². The smallest absolute Gasteiger partial charge is 0.374 e. The maximum Gasteiger partial charge on any atom is 0.374 e.